The molecule has 0 saturated carbocycles. The average Bonchev–Trinajstić information content (AvgIpc) is 3.25. The van der Waals surface area contributed by atoms with Gasteiger partial charge in [-0.1, -0.05) is 218 Å². The molecule has 0 aromatic rings. The predicted molar refractivity (Wildman–Crippen MR) is 319 cm³/mol. The van der Waals surface area contributed by atoms with E-state index in [9.17, 15) is 61.0 Å². The highest BCUT2D eigenvalue weighted by Gasteiger charge is 2.53. The summed E-state index contributed by atoms with van der Waals surface area (Å²) in [4.78, 5) is 13.4. The highest BCUT2D eigenvalue weighted by molar-refractivity contribution is 5.76. The first-order chi connectivity index (χ1) is 40.3. The number of ether oxygens (including phenoxy) is 6. The van der Waals surface area contributed by atoms with Crippen LogP contribution in [-0.2, 0) is 33.2 Å². The molecular weight excluding hydrogens is 1070 g/mol. The Labute approximate surface area is 498 Å². The fraction of sp³-hybridized carbons (Fsp3) is 0.922. The second kappa shape index (κ2) is 47.3. The number of carbonyl (C=O) groups is 1. The average molecular weight is 1190 g/mol. The molecule has 3 aliphatic heterocycles. The van der Waals surface area contributed by atoms with Crippen LogP contribution in [0.4, 0.5) is 0 Å². The van der Waals surface area contributed by atoms with Crippen molar-refractivity contribution in [1.82, 2.24) is 5.32 Å². The van der Waals surface area contributed by atoms with E-state index < -0.39 is 124 Å². The highest BCUT2D eigenvalue weighted by Crippen LogP contribution is 2.33. The van der Waals surface area contributed by atoms with Gasteiger partial charge in [-0.3, -0.25) is 4.79 Å². The maximum absolute atomic E-state index is 13.4. The van der Waals surface area contributed by atoms with Gasteiger partial charge in [-0.15, -0.1) is 0 Å². The number of carbonyl (C=O) groups excluding carboxylic acids is 1. The van der Waals surface area contributed by atoms with Gasteiger partial charge in [-0.25, -0.2) is 0 Å². The number of hydrogen-bond acceptors (Lipinski definition) is 18. The maximum atomic E-state index is 13.4. The van der Waals surface area contributed by atoms with E-state index >= 15 is 0 Å². The number of rotatable bonds is 50. The molecule has 19 nitrogen and oxygen atoms in total. The number of unbranched alkanes of at least 4 members (excludes halogenated alkanes) is 30. The molecule has 3 heterocycles. The predicted octanol–water partition coefficient (Wildman–Crippen LogP) is 7.49. The lowest BCUT2D eigenvalue weighted by atomic mass is 9.96. The van der Waals surface area contributed by atoms with Crippen LogP contribution in [0.25, 0.3) is 0 Å². The monoisotopic (exact) mass is 1190 g/mol. The third-order valence-electron chi connectivity index (χ3n) is 16.8. The molecule has 0 aromatic carbocycles. The van der Waals surface area contributed by atoms with Gasteiger partial charge >= 0.3 is 0 Å². The van der Waals surface area contributed by atoms with E-state index in [2.05, 4.69) is 43.5 Å². The molecule has 0 aromatic heterocycles. The van der Waals surface area contributed by atoms with Gasteiger partial charge in [0.15, 0.2) is 18.9 Å². The first-order valence-electron chi connectivity index (χ1n) is 33.1. The number of nitrogens with one attached hydrogen (secondary N) is 1. The topological polar surface area (TPSA) is 307 Å². The first kappa shape index (κ1) is 75.5. The van der Waals surface area contributed by atoms with Crippen LogP contribution in [0.2, 0.25) is 0 Å². The molecule has 3 fully saturated rings. The van der Waals surface area contributed by atoms with Crippen LogP contribution in [0.1, 0.15) is 245 Å². The van der Waals surface area contributed by atoms with Crippen molar-refractivity contribution in [3.8, 4) is 0 Å². The largest absolute Gasteiger partial charge is 0.394 e. The van der Waals surface area contributed by atoms with Crippen LogP contribution in [0, 0.1) is 0 Å². The Morgan fingerprint density at radius 1 is 0.434 bits per heavy atom. The Balaban J connectivity index is 1.46. The molecule has 12 N–H and O–H groups in total. The first-order valence-corrected chi connectivity index (χ1v) is 33.1. The van der Waals surface area contributed by atoms with Crippen LogP contribution in [0.5, 0.6) is 0 Å². The molecule has 83 heavy (non-hydrogen) atoms. The molecule has 3 saturated heterocycles. The fourth-order valence-corrected chi connectivity index (χ4v) is 11.3. The number of aliphatic hydroxyl groups is 11. The summed E-state index contributed by atoms with van der Waals surface area (Å²) in [5, 5.41) is 120. The summed E-state index contributed by atoms with van der Waals surface area (Å²) in [7, 11) is 0. The minimum Gasteiger partial charge on any atom is -0.394 e. The maximum Gasteiger partial charge on any atom is 0.220 e. The summed E-state index contributed by atoms with van der Waals surface area (Å²) < 4.78 is 34.4. The van der Waals surface area contributed by atoms with E-state index in [1.807, 2.05) is 0 Å². The van der Waals surface area contributed by atoms with E-state index in [-0.39, 0.29) is 18.9 Å². The zero-order valence-corrected chi connectivity index (χ0v) is 51.2. The minimum absolute atomic E-state index is 0.252. The SMILES string of the molecule is CCCCCC/C=C\C/C=C\CCCCCCCC(=O)NC(COC1OC(CO)C(OC2OC(CO)C(OC3OC(CO)C(O)C(O)C3O)C(O)C2O)C(O)C1O)C(O)CCCCCCCCCCCCCCCCCCCCCCCC. The second-order valence-electron chi connectivity index (χ2n) is 23.9. The van der Waals surface area contributed by atoms with Crippen molar-refractivity contribution in [1.29, 1.82) is 0 Å². The van der Waals surface area contributed by atoms with Gasteiger partial charge in [0.2, 0.25) is 5.91 Å². The number of amides is 1. The molecule has 0 radical (unpaired) electrons. The minimum atomic E-state index is -1.97. The van der Waals surface area contributed by atoms with Crippen molar-refractivity contribution >= 4 is 5.91 Å². The van der Waals surface area contributed by atoms with Crippen LogP contribution >= 0.6 is 0 Å². The molecule has 3 aliphatic rings. The smallest absolute Gasteiger partial charge is 0.220 e. The third kappa shape index (κ3) is 30.4. The van der Waals surface area contributed by atoms with E-state index in [1.165, 1.54) is 141 Å². The van der Waals surface area contributed by atoms with E-state index in [1.54, 1.807) is 0 Å². The van der Waals surface area contributed by atoms with Crippen molar-refractivity contribution in [2.75, 3.05) is 26.4 Å². The molecule has 0 aliphatic carbocycles. The summed E-state index contributed by atoms with van der Waals surface area (Å²) in [6.07, 6.45) is 24.0. The molecule has 1 amide bonds. The lowest BCUT2D eigenvalue weighted by molar-refractivity contribution is -0.379. The fourth-order valence-electron chi connectivity index (χ4n) is 11.3. The van der Waals surface area contributed by atoms with E-state index in [0.717, 1.165) is 70.6 Å². The summed E-state index contributed by atoms with van der Waals surface area (Å²) in [6, 6.07) is -0.893. The summed E-state index contributed by atoms with van der Waals surface area (Å²) in [5.74, 6) is -0.254. The second-order valence-corrected chi connectivity index (χ2v) is 23.9. The van der Waals surface area contributed by atoms with E-state index in [0.29, 0.717) is 12.8 Å². The zero-order valence-electron chi connectivity index (χ0n) is 51.2. The van der Waals surface area contributed by atoms with Crippen molar-refractivity contribution in [3.05, 3.63) is 24.3 Å². The molecule has 3 rings (SSSR count). The van der Waals surface area contributed by atoms with Crippen molar-refractivity contribution in [2.24, 2.45) is 0 Å². The number of aliphatic hydroxyl groups excluding tert-OH is 11. The lowest BCUT2D eigenvalue weighted by Crippen LogP contribution is -2.66. The van der Waals surface area contributed by atoms with Gasteiger partial charge in [-0.2, -0.15) is 0 Å². The zero-order chi connectivity index (χ0) is 60.5. The summed E-state index contributed by atoms with van der Waals surface area (Å²) in [6.45, 7) is 1.78. The molecule has 19 heteroatoms. The Kier molecular flexibility index (Phi) is 43.0. The Morgan fingerprint density at radius 2 is 0.795 bits per heavy atom. The molecule has 488 valence electrons. The van der Waals surface area contributed by atoms with Crippen molar-refractivity contribution in [2.45, 2.75) is 349 Å². The molecule has 0 spiro atoms. The van der Waals surface area contributed by atoms with Crippen LogP contribution in [0.3, 0.4) is 0 Å². The Bertz CT molecular complexity index is 1610. The van der Waals surface area contributed by atoms with Gasteiger partial charge in [0, 0.05) is 6.42 Å². The summed E-state index contributed by atoms with van der Waals surface area (Å²) in [5.41, 5.74) is 0. The lowest BCUT2D eigenvalue weighted by Gasteiger charge is -2.48. The van der Waals surface area contributed by atoms with Crippen molar-refractivity contribution < 1.29 is 89.4 Å². The Hall–Kier alpha value is -1.73. The number of allylic oxidation sites excluding steroid dienone is 4. The molecule has 17 atom stereocenters. The van der Waals surface area contributed by atoms with Gasteiger partial charge in [0.05, 0.1) is 38.6 Å². The molecular formula is C64H119NO18. The van der Waals surface area contributed by atoms with Gasteiger partial charge in [0.1, 0.15) is 73.2 Å². The quantitative estimate of drug-likeness (QED) is 0.0207. The van der Waals surface area contributed by atoms with Crippen LogP contribution in [-0.4, -0.2) is 193 Å². The normalized spacial score (nSPS) is 29.5. The number of hydrogen-bond donors (Lipinski definition) is 12. The van der Waals surface area contributed by atoms with Gasteiger partial charge in [-0.05, 0) is 44.9 Å². The van der Waals surface area contributed by atoms with Crippen LogP contribution < -0.4 is 5.32 Å². The highest BCUT2D eigenvalue weighted by atomic mass is 16.8. The van der Waals surface area contributed by atoms with Gasteiger partial charge in [0.25, 0.3) is 0 Å². The molecule has 17 unspecified atom stereocenters. The standard InChI is InChI=1S/C64H119NO18/c1-3-5-7-9-11-13-15-17-19-21-22-23-24-25-26-27-29-31-33-35-37-39-41-48(69)47(65-52(70)42-40-38-36-34-32-30-28-20-18-16-14-12-10-8-6-4-2)46-78-62-58(76)55(73)60(50(44-67)80-62)83-64-59(77)56(74)61(51(45-68)81-64)82-63-57(75)54(72)53(71)49(43-66)79-63/h14,16,20,28,47-51,53-64,66-69,71-77H,3-13,15,17-19,21-27,29-46H2,1-2H3,(H,65,70)/b16-14-,28-20-. The summed E-state index contributed by atoms with van der Waals surface area (Å²) >= 11 is 0. The van der Waals surface area contributed by atoms with Crippen molar-refractivity contribution in [3.63, 3.8) is 0 Å². The Morgan fingerprint density at radius 3 is 1.24 bits per heavy atom. The van der Waals surface area contributed by atoms with E-state index in [4.69, 9.17) is 28.4 Å². The van der Waals surface area contributed by atoms with Gasteiger partial charge < -0.3 is 89.9 Å². The molecule has 0 bridgehead atoms. The van der Waals surface area contributed by atoms with Crippen LogP contribution in [0.15, 0.2) is 24.3 Å². The third-order valence-corrected chi connectivity index (χ3v) is 16.8.